The summed E-state index contributed by atoms with van der Waals surface area (Å²) >= 11 is 0. The zero-order chi connectivity index (χ0) is 22.6. The molecule has 4 heteroatoms. The van der Waals surface area contributed by atoms with Gasteiger partial charge in [0.05, 0.1) is 17.3 Å². The van der Waals surface area contributed by atoms with E-state index in [2.05, 4.69) is 32.1 Å². The number of hydrogen-bond donors (Lipinski definition) is 3. The predicted molar refractivity (Wildman–Crippen MR) is 124 cm³/mol. The van der Waals surface area contributed by atoms with Crippen LogP contribution >= 0.6 is 0 Å². The van der Waals surface area contributed by atoms with Crippen molar-refractivity contribution >= 4 is 5.97 Å². The minimum atomic E-state index is -0.893. The van der Waals surface area contributed by atoms with E-state index in [9.17, 15) is 15.0 Å². The molecular formula is C27H38O4. The van der Waals surface area contributed by atoms with Crippen LogP contribution in [0.25, 0.3) is 0 Å². The molecule has 2 aliphatic carbocycles. The molecule has 0 amide bonds. The van der Waals surface area contributed by atoms with Gasteiger partial charge in [0.15, 0.2) is 0 Å². The molecule has 3 rings (SSSR count). The molecule has 0 aliphatic heterocycles. The van der Waals surface area contributed by atoms with Gasteiger partial charge in [0.1, 0.15) is 0 Å². The zero-order valence-electron chi connectivity index (χ0n) is 19.2. The number of carbonyl (C=O) groups is 1. The fourth-order valence-electron chi connectivity index (χ4n) is 5.48. The molecule has 1 fully saturated rings. The summed E-state index contributed by atoms with van der Waals surface area (Å²) in [6, 6.07) is 7.15. The van der Waals surface area contributed by atoms with E-state index in [0.29, 0.717) is 17.9 Å². The molecule has 4 nitrogen and oxygen atoms in total. The number of carboxylic acids is 1. The third-order valence-corrected chi connectivity index (χ3v) is 7.34. The largest absolute Gasteiger partial charge is 0.478 e. The Balaban J connectivity index is 1.58. The van der Waals surface area contributed by atoms with Crippen molar-refractivity contribution in [3.63, 3.8) is 0 Å². The van der Waals surface area contributed by atoms with Crippen LogP contribution in [0.15, 0.2) is 48.1 Å². The van der Waals surface area contributed by atoms with Gasteiger partial charge in [0.2, 0.25) is 0 Å². The van der Waals surface area contributed by atoms with Crippen LogP contribution in [0.1, 0.15) is 81.6 Å². The third kappa shape index (κ3) is 5.87. The van der Waals surface area contributed by atoms with Gasteiger partial charge in [-0.3, -0.25) is 0 Å². The molecule has 1 aromatic rings. The number of hydrogen-bond acceptors (Lipinski definition) is 3. The highest BCUT2D eigenvalue weighted by atomic mass is 16.4. The summed E-state index contributed by atoms with van der Waals surface area (Å²) in [7, 11) is 0. The summed E-state index contributed by atoms with van der Waals surface area (Å²) in [5.41, 5.74) is 2.27. The Morgan fingerprint density at radius 3 is 2.61 bits per heavy atom. The monoisotopic (exact) mass is 426 g/mol. The first-order valence-electron chi connectivity index (χ1n) is 11.7. The summed E-state index contributed by atoms with van der Waals surface area (Å²) in [6.45, 7) is 6.30. The highest BCUT2D eigenvalue weighted by Crippen LogP contribution is 2.56. The van der Waals surface area contributed by atoms with E-state index in [-0.39, 0.29) is 17.4 Å². The van der Waals surface area contributed by atoms with Gasteiger partial charge in [-0.05, 0) is 74.5 Å². The van der Waals surface area contributed by atoms with Crippen molar-refractivity contribution in [2.24, 2.45) is 17.3 Å². The Bertz CT molecular complexity index is 820. The first kappa shape index (κ1) is 23.7. The Kier molecular flexibility index (Phi) is 7.43. The molecular weight excluding hydrogens is 388 g/mol. The van der Waals surface area contributed by atoms with Crippen molar-refractivity contribution < 1.29 is 20.1 Å². The second-order valence-corrected chi connectivity index (χ2v) is 10.2. The Hall–Kier alpha value is -1.91. The maximum atomic E-state index is 11.0. The highest BCUT2D eigenvalue weighted by Gasteiger charge is 2.50. The normalized spacial score (nSPS) is 29.7. The smallest absolute Gasteiger partial charge is 0.335 e. The number of allylic oxidation sites excluding steroid dienone is 2. The number of aryl methyl sites for hydroxylation is 1. The van der Waals surface area contributed by atoms with Crippen molar-refractivity contribution in [2.75, 3.05) is 0 Å². The first-order chi connectivity index (χ1) is 14.6. The Labute approximate surface area is 186 Å². The van der Waals surface area contributed by atoms with E-state index in [1.54, 1.807) is 12.1 Å². The van der Waals surface area contributed by atoms with Gasteiger partial charge < -0.3 is 15.3 Å². The van der Waals surface area contributed by atoms with Gasteiger partial charge in [0, 0.05) is 5.92 Å². The molecule has 0 heterocycles. The maximum Gasteiger partial charge on any atom is 0.335 e. The maximum absolute atomic E-state index is 11.0. The molecule has 31 heavy (non-hydrogen) atoms. The summed E-state index contributed by atoms with van der Waals surface area (Å²) in [5.74, 6) is -0.352. The fraction of sp³-hybridized carbons (Fsp3) is 0.593. The Morgan fingerprint density at radius 2 is 1.97 bits per heavy atom. The van der Waals surface area contributed by atoms with Crippen molar-refractivity contribution in [1.29, 1.82) is 0 Å². The van der Waals surface area contributed by atoms with Gasteiger partial charge in [-0.2, -0.15) is 0 Å². The lowest BCUT2D eigenvalue weighted by atomic mass is 9.79. The summed E-state index contributed by atoms with van der Waals surface area (Å²) < 4.78 is 0. The molecule has 1 saturated carbocycles. The number of carboxylic acid groups (broad SMARTS) is 1. The quantitative estimate of drug-likeness (QED) is 0.429. The number of benzene rings is 1. The molecule has 2 aliphatic rings. The molecule has 0 spiro atoms. The first-order valence-corrected chi connectivity index (χ1v) is 11.7. The van der Waals surface area contributed by atoms with Crippen molar-refractivity contribution in [1.82, 2.24) is 0 Å². The van der Waals surface area contributed by atoms with Crippen LogP contribution in [0.4, 0.5) is 0 Å². The van der Waals surface area contributed by atoms with E-state index in [1.165, 1.54) is 5.57 Å². The van der Waals surface area contributed by atoms with Crippen LogP contribution in [0.2, 0.25) is 0 Å². The lowest BCUT2D eigenvalue weighted by Crippen LogP contribution is -2.23. The number of aliphatic hydroxyl groups excluding tert-OH is 1. The molecule has 0 aromatic heterocycles. The topological polar surface area (TPSA) is 77.8 Å². The van der Waals surface area contributed by atoms with Crippen molar-refractivity contribution in [3.8, 4) is 0 Å². The molecule has 5 atom stereocenters. The van der Waals surface area contributed by atoms with Gasteiger partial charge in [-0.1, -0.05) is 62.6 Å². The summed E-state index contributed by atoms with van der Waals surface area (Å²) in [5, 5.41) is 30.3. The standard InChI is InChI=1S/C27H38O4/c1-4-5-14-27(3,31)15-6-7-22-23-16-20(17-26(23,2)18-24(22)28)9-8-19-10-12-21(13-11-19)25(29)30/h6-7,10-13,17,22-24,28,31H,4-5,8-9,14-16,18H2,1-3H3,(H,29,30)/b7-6+/t22-,23-,24-,26+,27+/m1/s1. The van der Waals surface area contributed by atoms with Gasteiger partial charge in [0.25, 0.3) is 0 Å². The van der Waals surface area contributed by atoms with Crippen molar-refractivity contribution in [2.45, 2.75) is 83.8 Å². The molecule has 3 N–H and O–H groups in total. The van der Waals surface area contributed by atoms with Gasteiger partial charge in [-0.25, -0.2) is 4.79 Å². The molecule has 0 bridgehead atoms. The zero-order valence-corrected chi connectivity index (χ0v) is 19.2. The molecule has 0 radical (unpaired) electrons. The molecule has 0 saturated heterocycles. The van der Waals surface area contributed by atoms with Crippen LogP contribution in [-0.4, -0.2) is 33.0 Å². The fourth-order valence-corrected chi connectivity index (χ4v) is 5.48. The van der Waals surface area contributed by atoms with Gasteiger partial charge in [-0.15, -0.1) is 0 Å². The van der Waals surface area contributed by atoms with Crippen LogP contribution < -0.4 is 0 Å². The number of fused-ring (bicyclic) bond motifs is 1. The number of rotatable bonds is 10. The van der Waals surface area contributed by atoms with Gasteiger partial charge >= 0.3 is 5.97 Å². The van der Waals surface area contributed by atoms with Crippen LogP contribution in [0.3, 0.4) is 0 Å². The summed E-state index contributed by atoms with van der Waals surface area (Å²) in [6.07, 6.45) is 13.5. The predicted octanol–water partition coefficient (Wildman–Crippen LogP) is 5.54. The minimum absolute atomic E-state index is 0.0294. The molecule has 170 valence electrons. The van der Waals surface area contributed by atoms with Crippen molar-refractivity contribution in [3.05, 3.63) is 59.2 Å². The van der Waals surface area contributed by atoms with E-state index >= 15 is 0 Å². The SMILES string of the molecule is CCCC[C@](C)(O)C/C=C/[C@H]1[C@H](O)C[C@]2(C)C=C(CCc3ccc(C(=O)O)cc3)C[C@H]12. The van der Waals surface area contributed by atoms with E-state index in [1.807, 2.05) is 19.1 Å². The highest BCUT2D eigenvalue weighted by molar-refractivity contribution is 5.87. The number of unbranched alkanes of at least 4 members (excludes halogenated alkanes) is 1. The lowest BCUT2D eigenvalue weighted by Gasteiger charge is -2.25. The minimum Gasteiger partial charge on any atom is -0.478 e. The third-order valence-electron chi connectivity index (χ3n) is 7.34. The Morgan fingerprint density at radius 1 is 1.26 bits per heavy atom. The summed E-state index contributed by atoms with van der Waals surface area (Å²) in [4.78, 5) is 11.0. The van der Waals surface area contributed by atoms with E-state index in [4.69, 9.17) is 5.11 Å². The second kappa shape index (κ2) is 9.70. The van der Waals surface area contributed by atoms with Crippen LogP contribution in [0.5, 0.6) is 0 Å². The van der Waals surface area contributed by atoms with Crippen LogP contribution in [0, 0.1) is 17.3 Å². The molecule has 0 unspecified atom stereocenters. The van der Waals surface area contributed by atoms with E-state index in [0.717, 1.165) is 50.5 Å². The van der Waals surface area contributed by atoms with Crippen LogP contribution in [-0.2, 0) is 6.42 Å². The number of aliphatic hydroxyl groups is 2. The van der Waals surface area contributed by atoms with E-state index < -0.39 is 11.6 Å². The number of aromatic carboxylic acids is 1. The second-order valence-electron chi connectivity index (χ2n) is 10.2. The average molecular weight is 427 g/mol. The molecule has 1 aromatic carbocycles. The lowest BCUT2D eigenvalue weighted by molar-refractivity contribution is 0.0513. The average Bonchev–Trinajstić information content (AvgIpc) is 3.14.